The van der Waals surface area contributed by atoms with Crippen LogP contribution in [0.2, 0.25) is 5.02 Å². The van der Waals surface area contributed by atoms with Crippen molar-refractivity contribution < 1.29 is 9.13 Å². The highest BCUT2D eigenvalue weighted by atomic mass is 35.5. The van der Waals surface area contributed by atoms with Gasteiger partial charge in [0.2, 0.25) is 0 Å². The molecule has 20 heavy (non-hydrogen) atoms. The summed E-state index contributed by atoms with van der Waals surface area (Å²) in [6.07, 6.45) is -0.504. The Bertz CT molecular complexity index is 655. The maximum Gasteiger partial charge on any atom is 0.166 e. The molecule has 0 radical (unpaired) electrons. The van der Waals surface area contributed by atoms with Crippen LogP contribution in [0.4, 0.5) is 4.39 Å². The van der Waals surface area contributed by atoms with Crippen molar-refractivity contribution in [2.45, 2.75) is 6.10 Å². The monoisotopic (exact) mass is 290 g/mol. The lowest BCUT2D eigenvalue weighted by Crippen LogP contribution is -2.19. The molecule has 2 rings (SSSR count). The second kappa shape index (κ2) is 6.38. The van der Waals surface area contributed by atoms with Crippen LogP contribution in [0.1, 0.15) is 17.2 Å². The standard InChI is InChI=1S/C15H12ClFN2O/c16-12-3-1-2-11(7-12)15(9-19)20-14-5-4-10(8-18)6-13(14)17/h1-7,15H,9,19H2. The molecule has 0 spiro atoms. The number of hydrogen-bond donors (Lipinski definition) is 1. The molecule has 0 aliphatic heterocycles. The highest BCUT2D eigenvalue weighted by Crippen LogP contribution is 2.26. The minimum absolute atomic E-state index is 0.0550. The number of hydrogen-bond acceptors (Lipinski definition) is 3. The largest absolute Gasteiger partial charge is 0.481 e. The zero-order valence-corrected chi connectivity index (χ0v) is 11.3. The van der Waals surface area contributed by atoms with Gasteiger partial charge < -0.3 is 10.5 Å². The number of halogens is 2. The normalized spacial score (nSPS) is 11.7. The molecular formula is C15H12ClFN2O. The highest BCUT2D eigenvalue weighted by Gasteiger charge is 2.14. The molecule has 2 aromatic carbocycles. The Kier molecular flexibility index (Phi) is 4.57. The minimum atomic E-state index is -0.593. The summed E-state index contributed by atoms with van der Waals surface area (Å²) in [6, 6.07) is 12.9. The van der Waals surface area contributed by atoms with Crippen LogP contribution in [-0.2, 0) is 0 Å². The van der Waals surface area contributed by atoms with Gasteiger partial charge in [0.05, 0.1) is 11.6 Å². The highest BCUT2D eigenvalue weighted by molar-refractivity contribution is 6.30. The summed E-state index contributed by atoms with van der Waals surface area (Å²) >= 11 is 5.91. The summed E-state index contributed by atoms with van der Waals surface area (Å²) in [5, 5.41) is 9.26. The Morgan fingerprint density at radius 3 is 2.70 bits per heavy atom. The van der Waals surface area contributed by atoms with E-state index >= 15 is 0 Å². The van der Waals surface area contributed by atoms with Crippen LogP contribution in [0.5, 0.6) is 5.75 Å². The van der Waals surface area contributed by atoms with Crippen LogP contribution in [0.25, 0.3) is 0 Å². The number of nitriles is 1. The average molecular weight is 291 g/mol. The molecule has 0 aromatic heterocycles. The molecule has 0 aliphatic carbocycles. The Morgan fingerprint density at radius 1 is 1.30 bits per heavy atom. The maximum atomic E-state index is 13.8. The molecule has 0 aliphatic rings. The van der Waals surface area contributed by atoms with Gasteiger partial charge in [-0.3, -0.25) is 0 Å². The van der Waals surface area contributed by atoms with Crippen molar-refractivity contribution in [1.29, 1.82) is 5.26 Å². The van der Waals surface area contributed by atoms with Gasteiger partial charge in [-0.1, -0.05) is 23.7 Å². The van der Waals surface area contributed by atoms with Gasteiger partial charge >= 0.3 is 0 Å². The van der Waals surface area contributed by atoms with E-state index in [1.807, 2.05) is 12.1 Å². The van der Waals surface area contributed by atoms with E-state index in [9.17, 15) is 4.39 Å². The molecule has 0 saturated carbocycles. The minimum Gasteiger partial charge on any atom is -0.481 e. The smallest absolute Gasteiger partial charge is 0.166 e. The second-order valence-corrected chi connectivity index (χ2v) is 4.59. The van der Waals surface area contributed by atoms with Crippen LogP contribution < -0.4 is 10.5 Å². The number of ether oxygens (including phenoxy) is 1. The van der Waals surface area contributed by atoms with E-state index in [0.717, 1.165) is 11.6 Å². The molecule has 1 atom stereocenters. The summed E-state index contributed by atoms with van der Waals surface area (Å²) in [6.45, 7) is 0.180. The van der Waals surface area contributed by atoms with Crippen LogP contribution in [0.3, 0.4) is 0 Å². The van der Waals surface area contributed by atoms with Crippen molar-refractivity contribution in [3.63, 3.8) is 0 Å². The molecule has 2 N–H and O–H groups in total. The summed E-state index contributed by atoms with van der Waals surface area (Å²) in [5.41, 5.74) is 6.67. The number of nitrogens with two attached hydrogens (primary N) is 1. The van der Waals surface area contributed by atoms with Crippen molar-refractivity contribution in [2.75, 3.05) is 6.54 Å². The van der Waals surface area contributed by atoms with E-state index in [2.05, 4.69) is 0 Å². The molecular weight excluding hydrogens is 279 g/mol. The summed E-state index contributed by atoms with van der Waals surface area (Å²) in [5.74, 6) is -0.538. The summed E-state index contributed by atoms with van der Waals surface area (Å²) in [7, 11) is 0. The average Bonchev–Trinajstić information content (AvgIpc) is 2.46. The molecule has 2 aromatic rings. The van der Waals surface area contributed by atoms with Gasteiger partial charge in [0.15, 0.2) is 11.6 Å². The van der Waals surface area contributed by atoms with Gasteiger partial charge in [-0.05, 0) is 35.9 Å². The molecule has 0 amide bonds. The molecule has 0 saturated heterocycles. The molecule has 1 unspecified atom stereocenters. The molecule has 102 valence electrons. The summed E-state index contributed by atoms with van der Waals surface area (Å²) < 4.78 is 19.4. The van der Waals surface area contributed by atoms with E-state index in [0.29, 0.717) is 5.02 Å². The van der Waals surface area contributed by atoms with Crippen LogP contribution >= 0.6 is 11.6 Å². The lowest BCUT2D eigenvalue weighted by Gasteiger charge is -2.18. The first-order chi connectivity index (χ1) is 9.63. The van der Waals surface area contributed by atoms with Crippen LogP contribution in [0.15, 0.2) is 42.5 Å². The van der Waals surface area contributed by atoms with Crippen LogP contribution in [-0.4, -0.2) is 6.54 Å². The Hall–Kier alpha value is -2.09. The molecule has 0 fully saturated rings. The molecule has 3 nitrogen and oxygen atoms in total. The van der Waals surface area contributed by atoms with E-state index in [-0.39, 0.29) is 17.9 Å². The Morgan fingerprint density at radius 2 is 2.10 bits per heavy atom. The fourth-order valence-corrected chi connectivity index (χ4v) is 1.98. The molecule has 0 bridgehead atoms. The topological polar surface area (TPSA) is 59.0 Å². The number of benzene rings is 2. The summed E-state index contributed by atoms with van der Waals surface area (Å²) in [4.78, 5) is 0. The third-order valence-electron chi connectivity index (χ3n) is 2.76. The number of nitrogens with zero attached hydrogens (tertiary/aromatic N) is 1. The van der Waals surface area contributed by atoms with Gasteiger partial charge in [0.25, 0.3) is 0 Å². The lowest BCUT2D eigenvalue weighted by atomic mass is 10.1. The van der Waals surface area contributed by atoms with Gasteiger partial charge in [0.1, 0.15) is 6.10 Å². The van der Waals surface area contributed by atoms with Crippen molar-refractivity contribution in [1.82, 2.24) is 0 Å². The van der Waals surface area contributed by atoms with Crippen molar-refractivity contribution in [3.05, 3.63) is 64.4 Å². The van der Waals surface area contributed by atoms with Gasteiger partial charge in [0, 0.05) is 11.6 Å². The number of rotatable bonds is 4. The van der Waals surface area contributed by atoms with E-state index in [1.165, 1.54) is 12.1 Å². The van der Waals surface area contributed by atoms with Crippen molar-refractivity contribution in [2.24, 2.45) is 5.73 Å². The quantitative estimate of drug-likeness (QED) is 0.938. The first kappa shape index (κ1) is 14.3. The zero-order valence-electron chi connectivity index (χ0n) is 10.5. The predicted molar refractivity (Wildman–Crippen MR) is 75.0 cm³/mol. The fraction of sp³-hybridized carbons (Fsp3) is 0.133. The SMILES string of the molecule is N#Cc1ccc(OC(CN)c2cccc(Cl)c2)c(F)c1. The van der Waals surface area contributed by atoms with E-state index < -0.39 is 11.9 Å². The van der Waals surface area contributed by atoms with Gasteiger partial charge in [-0.2, -0.15) is 5.26 Å². The molecule has 0 heterocycles. The fourth-order valence-electron chi connectivity index (χ4n) is 1.78. The Balaban J connectivity index is 2.25. The van der Waals surface area contributed by atoms with Crippen molar-refractivity contribution >= 4 is 11.6 Å². The molecule has 5 heteroatoms. The van der Waals surface area contributed by atoms with Gasteiger partial charge in [-0.15, -0.1) is 0 Å². The zero-order chi connectivity index (χ0) is 14.5. The third kappa shape index (κ3) is 3.27. The van der Waals surface area contributed by atoms with Gasteiger partial charge in [-0.25, -0.2) is 4.39 Å². The van der Waals surface area contributed by atoms with Crippen LogP contribution in [0, 0.1) is 17.1 Å². The predicted octanol–water partition coefficient (Wildman–Crippen LogP) is 3.43. The first-order valence-electron chi connectivity index (χ1n) is 5.96. The lowest BCUT2D eigenvalue weighted by molar-refractivity contribution is 0.204. The third-order valence-corrected chi connectivity index (χ3v) is 3.00. The Labute approximate surface area is 121 Å². The van der Waals surface area contributed by atoms with Crippen molar-refractivity contribution in [3.8, 4) is 11.8 Å². The first-order valence-corrected chi connectivity index (χ1v) is 6.33. The van der Waals surface area contributed by atoms with E-state index in [1.54, 1.807) is 18.2 Å². The maximum absolute atomic E-state index is 13.8. The van der Waals surface area contributed by atoms with E-state index in [4.69, 9.17) is 27.3 Å². The second-order valence-electron chi connectivity index (χ2n) is 4.15.